The highest BCUT2D eigenvalue weighted by Crippen LogP contribution is 2.32. The molecule has 0 radical (unpaired) electrons. The van der Waals surface area contributed by atoms with Crippen LogP contribution in [0.4, 0.5) is 26.3 Å². The van der Waals surface area contributed by atoms with Crippen molar-refractivity contribution in [1.29, 1.82) is 0 Å². The first-order valence-electron chi connectivity index (χ1n) is 6.64. The number of alkyl halides is 6. The summed E-state index contributed by atoms with van der Waals surface area (Å²) >= 11 is 0. The molecule has 0 aliphatic carbocycles. The number of carboxylic acids is 2. The third-order valence-corrected chi connectivity index (χ3v) is 2.93. The molecule has 26 heavy (non-hydrogen) atoms. The van der Waals surface area contributed by atoms with E-state index in [1.807, 2.05) is 0 Å². The second-order valence-corrected chi connectivity index (χ2v) is 4.70. The van der Waals surface area contributed by atoms with Gasteiger partial charge in [0.25, 0.3) is 0 Å². The Bertz CT molecular complexity index is 728. The molecule has 0 aliphatic heterocycles. The van der Waals surface area contributed by atoms with Gasteiger partial charge in [-0.1, -0.05) is 24.3 Å². The Morgan fingerprint density at radius 3 is 1.08 bits per heavy atom. The number of carboxylic acid groups (broad SMARTS) is 2. The fourth-order valence-corrected chi connectivity index (χ4v) is 1.83. The van der Waals surface area contributed by atoms with Gasteiger partial charge in [-0.2, -0.15) is 26.3 Å². The van der Waals surface area contributed by atoms with Crippen molar-refractivity contribution in [1.82, 2.24) is 0 Å². The molecule has 0 fully saturated rings. The van der Waals surface area contributed by atoms with Crippen molar-refractivity contribution >= 4 is 11.9 Å². The van der Waals surface area contributed by atoms with E-state index in [0.29, 0.717) is 0 Å². The van der Waals surface area contributed by atoms with Gasteiger partial charge in [-0.15, -0.1) is 0 Å². The maximum Gasteiger partial charge on any atom is 0.417 e. The first kappa shape index (κ1) is 21.0. The van der Waals surface area contributed by atoms with Crippen LogP contribution in [-0.4, -0.2) is 22.2 Å². The zero-order valence-electron chi connectivity index (χ0n) is 12.6. The summed E-state index contributed by atoms with van der Waals surface area (Å²) in [7, 11) is 0. The van der Waals surface area contributed by atoms with Gasteiger partial charge in [-0.3, -0.25) is 0 Å². The fourth-order valence-electron chi connectivity index (χ4n) is 1.83. The van der Waals surface area contributed by atoms with E-state index in [4.69, 9.17) is 10.2 Å². The van der Waals surface area contributed by atoms with Crippen molar-refractivity contribution in [3.8, 4) is 0 Å². The smallest absolute Gasteiger partial charge is 0.417 e. The maximum absolute atomic E-state index is 12.1. The molecule has 2 aromatic rings. The van der Waals surface area contributed by atoms with E-state index in [2.05, 4.69) is 0 Å². The Labute approximate surface area is 142 Å². The summed E-state index contributed by atoms with van der Waals surface area (Å²) in [5, 5.41) is 16.9. The summed E-state index contributed by atoms with van der Waals surface area (Å²) in [5.41, 5.74) is -3.70. The summed E-state index contributed by atoms with van der Waals surface area (Å²) in [4.78, 5) is 20.7. The highest BCUT2D eigenvalue weighted by Gasteiger charge is 2.35. The molecule has 0 aliphatic rings. The van der Waals surface area contributed by atoms with Crippen LogP contribution in [0, 0.1) is 0 Å². The Morgan fingerprint density at radius 1 is 0.615 bits per heavy atom. The third kappa shape index (κ3) is 5.50. The van der Waals surface area contributed by atoms with Gasteiger partial charge in [-0.05, 0) is 24.3 Å². The minimum Gasteiger partial charge on any atom is -0.478 e. The molecule has 0 bridgehead atoms. The number of halogens is 6. The normalized spacial score (nSPS) is 11.3. The van der Waals surface area contributed by atoms with Crippen LogP contribution in [0.3, 0.4) is 0 Å². The summed E-state index contributed by atoms with van der Waals surface area (Å²) < 4.78 is 72.9. The molecule has 2 rings (SSSR count). The van der Waals surface area contributed by atoms with Gasteiger partial charge < -0.3 is 10.2 Å². The van der Waals surface area contributed by atoms with Gasteiger partial charge in [0.2, 0.25) is 0 Å². The number of aromatic carboxylic acids is 2. The zero-order chi connectivity index (χ0) is 20.1. The summed E-state index contributed by atoms with van der Waals surface area (Å²) in [6.07, 6.45) is -9.23. The first-order chi connectivity index (χ1) is 11.9. The fraction of sp³-hybridized carbons (Fsp3) is 0.125. The van der Waals surface area contributed by atoms with E-state index >= 15 is 0 Å². The van der Waals surface area contributed by atoms with E-state index in [0.717, 1.165) is 36.4 Å². The van der Waals surface area contributed by atoms with Crippen molar-refractivity contribution in [3.63, 3.8) is 0 Å². The zero-order valence-corrected chi connectivity index (χ0v) is 12.6. The SMILES string of the molecule is O=C(O)c1ccccc1C(F)(F)F.O=C(O)c1ccccc1C(F)(F)F. The maximum atomic E-state index is 12.1. The van der Waals surface area contributed by atoms with Crippen LogP contribution < -0.4 is 0 Å². The number of hydrogen-bond donors (Lipinski definition) is 2. The molecule has 0 amide bonds. The van der Waals surface area contributed by atoms with Crippen LogP contribution in [0.2, 0.25) is 0 Å². The number of benzene rings is 2. The highest BCUT2D eigenvalue weighted by molar-refractivity contribution is 5.90. The van der Waals surface area contributed by atoms with Crippen LogP contribution in [-0.2, 0) is 12.4 Å². The number of carbonyl (C=O) groups is 2. The quantitative estimate of drug-likeness (QED) is 0.734. The molecule has 0 saturated carbocycles. The minimum atomic E-state index is -4.62. The van der Waals surface area contributed by atoms with Gasteiger partial charge in [-0.25, -0.2) is 9.59 Å². The molecule has 2 N–H and O–H groups in total. The van der Waals surface area contributed by atoms with Crippen LogP contribution in [0.1, 0.15) is 31.8 Å². The molecule has 2 aromatic carbocycles. The topological polar surface area (TPSA) is 74.6 Å². The lowest BCUT2D eigenvalue weighted by atomic mass is 10.1. The lowest BCUT2D eigenvalue weighted by Gasteiger charge is -2.08. The lowest BCUT2D eigenvalue weighted by Crippen LogP contribution is -2.12. The van der Waals surface area contributed by atoms with Crippen molar-refractivity contribution in [3.05, 3.63) is 70.8 Å². The molecule has 0 unspecified atom stereocenters. The summed E-state index contributed by atoms with van der Waals surface area (Å²) in [6, 6.07) is 8.12. The molecule has 10 heteroatoms. The Kier molecular flexibility index (Phi) is 6.38. The molecular weight excluding hydrogens is 370 g/mol. The largest absolute Gasteiger partial charge is 0.478 e. The lowest BCUT2D eigenvalue weighted by molar-refractivity contribution is -0.138. The van der Waals surface area contributed by atoms with Gasteiger partial charge >= 0.3 is 24.3 Å². The Hall–Kier alpha value is -3.04. The van der Waals surface area contributed by atoms with Gasteiger partial charge in [0.05, 0.1) is 22.3 Å². The minimum absolute atomic E-state index is 0.727. The number of rotatable bonds is 2. The predicted molar refractivity (Wildman–Crippen MR) is 76.8 cm³/mol. The second-order valence-electron chi connectivity index (χ2n) is 4.70. The van der Waals surface area contributed by atoms with Gasteiger partial charge in [0.1, 0.15) is 0 Å². The molecule has 0 atom stereocenters. The van der Waals surface area contributed by atoms with Crippen molar-refractivity contribution in [2.24, 2.45) is 0 Å². The summed E-state index contributed by atoms with van der Waals surface area (Å²) in [5.74, 6) is -3.15. The highest BCUT2D eigenvalue weighted by atomic mass is 19.4. The molecule has 0 saturated heterocycles. The standard InChI is InChI=1S/2C8H5F3O2/c2*9-8(10,11)6-4-2-1-3-5(6)7(12)13/h2*1-4H,(H,12,13). The average molecular weight is 380 g/mol. The molecule has 140 valence electrons. The average Bonchev–Trinajstić information content (AvgIpc) is 2.54. The van der Waals surface area contributed by atoms with Gasteiger partial charge in [0, 0.05) is 0 Å². The molecule has 0 spiro atoms. The van der Waals surface area contributed by atoms with Crippen molar-refractivity contribution < 1.29 is 46.1 Å². The van der Waals surface area contributed by atoms with E-state index in [1.54, 1.807) is 0 Å². The van der Waals surface area contributed by atoms with E-state index < -0.39 is 46.5 Å². The predicted octanol–water partition coefficient (Wildman–Crippen LogP) is 4.81. The molecule has 4 nitrogen and oxygen atoms in total. The van der Waals surface area contributed by atoms with Crippen LogP contribution in [0.25, 0.3) is 0 Å². The van der Waals surface area contributed by atoms with Gasteiger partial charge in [0.15, 0.2) is 0 Å². The van der Waals surface area contributed by atoms with Crippen LogP contribution in [0.5, 0.6) is 0 Å². The van der Waals surface area contributed by atoms with E-state index in [-0.39, 0.29) is 0 Å². The molecule has 0 heterocycles. The van der Waals surface area contributed by atoms with E-state index in [9.17, 15) is 35.9 Å². The second kappa shape index (κ2) is 7.89. The number of hydrogen-bond acceptors (Lipinski definition) is 2. The van der Waals surface area contributed by atoms with Crippen LogP contribution >= 0.6 is 0 Å². The van der Waals surface area contributed by atoms with Crippen LogP contribution in [0.15, 0.2) is 48.5 Å². The molecular formula is C16H10F6O4. The monoisotopic (exact) mass is 380 g/mol. The summed E-state index contributed by atoms with van der Waals surface area (Å²) in [6.45, 7) is 0. The molecule has 0 aromatic heterocycles. The Balaban J connectivity index is 0.000000260. The first-order valence-corrected chi connectivity index (χ1v) is 6.64. The van der Waals surface area contributed by atoms with Crippen molar-refractivity contribution in [2.75, 3.05) is 0 Å². The Morgan fingerprint density at radius 2 is 0.885 bits per heavy atom. The third-order valence-electron chi connectivity index (χ3n) is 2.93. The van der Waals surface area contributed by atoms with Crippen molar-refractivity contribution in [2.45, 2.75) is 12.4 Å². The van der Waals surface area contributed by atoms with E-state index in [1.165, 1.54) is 12.1 Å².